The van der Waals surface area contributed by atoms with Crippen LogP contribution < -0.4 is 11.1 Å². The Morgan fingerprint density at radius 2 is 2.32 bits per heavy atom. The molecule has 1 heterocycles. The summed E-state index contributed by atoms with van der Waals surface area (Å²) in [6.07, 6.45) is 0.977. The van der Waals surface area contributed by atoms with Gasteiger partial charge in [-0.15, -0.1) is 0 Å². The molecule has 3 N–H and O–H groups in total. The molecule has 0 aliphatic rings. The van der Waals surface area contributed by atoms with Crippen molar-refractivity contribution in [3.05, 3.63) is 23.6 Å². The number of pyridine rings is 1. The van der Waals surface area contributed by atoms with Crippen molar-refractivity contribution in [3.63, 3.8) is 0 Å². The summed E-state index contributed by atoms with van der Waals surface area (Å²) in [6, 6.07) is 1.08. The number of nitrogens with two attached hydrogens (primary N) is 1. The van der Waals surface area contributed by atoms with E-state index in [0.29, 0.717) is 19.7 Å². The Kier molecular flexibility index (Phi) is 6.17. The number of hydrogen-bond donors (Lipinski definition) is 2. The van der Waals surface area contributed by atoms with Crippen LogP contribution in [0.15, 0.2) is 12.3 Å². The molecule has 0 spiro atoms. The van der Waals surface area contributed by atoms with Gasteiger partial charge in [0.15, 0.2) is 0 Å². The number of amides is 1. The third-order valence-corrected chi connectivity index (χ3v) is 2.59. The van der Waals surface area contributed by atoms with Crippen LogP contribution in [0.5, 0.6) is 0 Å². The molecule has 0 saturated heterocycles. The highest BCUT2D eigenvalue weighted by Gasteiger charge is 2.11. The van der Waals surface area contributed by atoms with E-state index < -0.39 is 11.7 Å². The fraction of sp³-hybridized carbons (Fsp3) is 0.500. The predicted octanol–water partition coefficient (Wildman–Crippen LogP) is 0.111. The van der Waals surface area contributed by atoms with Crippen LogP contribution in [0.4, 0.5) is 10.2 Å². The van der Waals surface area contributed by atoms with Crippen molar-refractivity contribution in [2.24, 2.45) is 0 Å². The third-order valence-electron chi connectivity index (χ3n) is 2.59. The molecule has 0 fully saturated rings. The van der Waals surface area contributed by atoms with E-state index in [2.05, 4.69) is 10.3 Å². The molecule has 1 aromatic rings. The number of aromatic nitrogens is 1. The van der Waals surface area contributed by atoms with Gasteiger partial charge in [-0.1, -0.05) is 0 Å². The number of carbonyl (C=O) groups is 1. The van der Waals surface area contributed by atoms with Crippen molar-refractivity contribution in [1.29, 1.82) is 0 Å². The number of likely N-dealkylation sites (N-methyl/N-ethyl adjacent to an activating group) is 1. The van der Waals surface area contributed by atoms with E-state index in [4.69, 9.17) is 10.5 Å². The number of nitrogens with zero attached hydrogens (tertiary/aromatic N) is 2. The Morgan fingerprint density at radius 3 is 3.00 bits per heavy atom. The third kappa shape index (κ3) is 5.19. The molecule has 1 rings (SSSR count). The fourth-order valence-electron chi connectivity index (χ4n) is 1.45. The molecular formula is C12H19FN4O2. The topological polar surface area (TPSA) is 80.5 Å². The highest BCUT2D eigenvalue weighted by molar-refractivity contribution is 5.98. The molecule has 1 aromatic heterocycles. The fourth-order valence-corrected chi connectivity index (χ4v) is 1.45. The Hall–Kier alpha value is -1.73. The first-order valence-electron chi connectivity index (χ1n) is 5.91. The lowest BCUT2D eigenvalue weighted by molar-refractivity contribution is 0.0947. The van der Waals surface area contributed by atoms with Crippen LogP contribution in [0.2, 0.25) is 0 Å². The summed E-state index contributed by atoms with van der Waals surface area (Å²) in [5.41, 5.74) is 5.58. The zero-order valence-electron chi connectivity index (χ0n) is 11.1. The van der Waals surface area contributed by atoms with Gasteiger partial charge in [0.2, 0.25) is 0 Å². The van der Waals surface area contributed by atoms with Crippen LogP contribution in [0, 0.1) is 5.82 Å². The highest BCUT2D eigenvalue weighted by Crippen LogP contribution is 2.09. The molecule has 7 heteroatoms. The molecule has 106 valence electrons. The number of halogens is 1. The van der Waals surface area contributed by atoms with Crippen molar-refractivity contribution in [3.8, 4) is 0 Å². The Labute approximate surface area is 111 Å². The number of carbonyl (C=O) groups excluding carboxylic acids is 1. The van der Waals surface area contributed by atoms with Crippen molar-refractivity contribution in [1.82, 2.24) is 15.2 Å². The molecule has 0 bridgehead atoms. The summed E-state index contributed by atoms with van der Waals surface area (Å²) in [4.78, 5) is 17.4. The minimum absolute atomic E-state index is 0.0200. The first kappa shape index (κ1) is 15.3. The second-order valence-corrected chi connectivity index (χ2v) is 4.14. The maximum atomic E-state index is 13.0. The molecule has 6 nitrogen and oxygen atoms in total. The van der Waals surface area contributed by atoms with Gasteiger partial charge in [0, 0.05) is 26.7 Å². The standard InChI is InChI=1S/C12H19FN4O2/c1-17(5-6-19-2)4-3-15-12(18)10-7-9(13)8-16-11(10)14/h7-8H,3-6H2,1-2H3,(H2,14,16)(H,15,18). The van der Waals surface area contributed by atoms with Crippen LogP contribution in [0.1, 0.15) is 10.4 Å². The van der Waals surface area contributed by atoms with E-state index in [1.807, 2.05) is 11.9 Å². The number of methoxy groups -OCH3 is 1. The number of rotatable bonds is 7. The molecule has 19 heavy (non-hydrogen) atoms. The van der Waals surface area contributed by atoms with Gasteiger partial charge >= 0.3 is 0 Å². The summed E-state index contributed by atoms with van der Waals surface area (Å²) >= 11 is 0. The minimum atomic E-state index is -0.587. The Morgan fingerprint density at radius 1 is 1.58 bits per heavy atom. The van der Waals surface area contributed by atoms with Gasteiger partial charge in [-0.25, -0.2) is 9.37 Å². The monoisotopic (exact) mass is 270 g/mol. The number of ether oxygens (including phenoxy) is 1. The summed E-state index contributed by atoms with van der Waals surface area (Å²) < 4.78 is 17.9. The van der Waals surface area contributed by atoms with Gasteiger partial charge in [0.25, 0.3) is 5.91 Å². The number of nitrogens with one attached hydrogen (secondary N) is 1. The smallest absolute Gasteiger partial charge is 0.255 e. The lowest BCUT2D eigenvalue weighted by Crippen LogP contribution is -2.34. The number of nitrogen functional groups attached to an aromatic ring is 1. The summed E-state index contributed by atoms with van der Waals surface area (Å²) in [7, 11) is 3.55. The van der Waals surface area contributed by atoms with E-state index in [1.165, 1.54) is 0 Å². The first-order chi connectivity index (χ1) is 9.04. The van der Waals surface area contributed by atoms with Crippen molar-refractivity contribution < 1.29 is 13.9 Å². The van der Waals surface area contributed by atoms with Gasteiger partial charge in [-0.3, -0.25) is 4.79 Å². The Bertz CT molecular complexity index is 428. The average molecular weight is 270 g/mol. The van der Waals surface area contributed by atoms with Crippen LogP contribution in [0.3, 0.4) is 0 Å². The summed E-state index contributed by atoms with van der Waals surface area (Å²) in [6.45, 7) is 2.51. The summed E-state index contributed by atoms with van der Waals surface area (Å²) in [5, 5.41) is 2.67. The SMILES string of the molecule is COCCN(C)CCNC(=O)c1cc(F)cnc1N. The van der Waals surface area contributed by atoms with E-state index in [-0.39, 0.29) is 11.4 Å². The molecule has 0 aliphatic heterocycles. The Balaban J connectivity index is 2.41. The molecule has 0 saturated carbocycles. The number of hydrogen-bond acceptors (Lipinski definition) is 5. The van der Waals surface area contributed by atoms with Crippen molar-refractivity contribution in [2.45, 2.75) is 0 Å². The van der Waals surface area contributed by atoms with Crippen LogP contribution in [-0.2, 0) is 4.74 Å². The van der Waals surface area contributed by atoms with Crippen molar-refractivity contribution >= 4 is 11.7 Å². The minimum Gasteiger partial charge on any atom is -0.383 e. The van der Waals surface area contributed by atoms with Gasteiger partial charge in [-0.05, 0) is 13.1 Å². The van der Waals surface area contributed by atoms with Crippen LogP contribution >= 0.6 is 0 Å². The van der Waals surface area contributed by atoms with Gasteiger partial charge < -0.3 is 20.7 Å². The molecular weight excluding hydrogens is 251 g/mol. The second kappa shape index (κ2) is 7.65. The zero-order chi connectivity index (χ0) is 14.3. The molecule has 0 aromatic carbocycles. The average Bonchev–Trinajstić information content (AvgIpc) is 2.39. The van der Waals surface area contributed by atoms with E-state index >= 15 is 0 Å². The predicted molar refractivity (Wildman–Crippen MR) is 70.3 cm³/mol. The highest BCUT2D eigenvalue weighted by atomic mass is 19.1. The van der Waals surface area contributed by atoms with Gasteiger partial charge in [-0.2, -0.15) is 0 Å². The van der Waals surface area contributed by atoms with Gasteiger partial charge in [0.1, 0.15) is 11.6 Å². The second-order valence-electron chi connectivity index (χ2n) is 4.14. The maximum Gasteiger partial charge on any atom is 0.255 e. The largest absolute Gasteiger partial charge is 0.383 e. The zero-order valence-corrected chi connectivity index (χ0v) is 11.1. The van der Waals surface area contributed by atoms with E-state index in [1.54, 1.807) is 7.11 Å². The molecule has 1 amide bonds. The molecule has 0 atom stereocenters. The first-order valence-corrected chi connectivity index (χ1v) is 5.91. The van der Waals surface area contributed by atoms with E-state index in [9.17, 15) is 9.18 Å². The lowest BCUT2D eigenvalue weighted by Gasteiger charge is -2.16. The summed E-state index contributed by atoms with van der Waals surface area (Å²) in [5.74, 6) is -0.993. The number of anilines is 1. The molecule has 0 aliphatic carbocycles. The molecule has 0 unspecified atom stereocenters. The van der Waals surface area contributed by atoms with Crippen molar-refractivity contribution in [2.75, 3.05) is 46.1 Å². The maximum absolute atomic E-state index is 13.0. The quantitative estimate of drug-likeness (QED) is 0.735. The molecule has 0 radical (unpaired) electrons. The van der Waals surface area contributed by atoms with E-state index in [0.717, 1.165) is 18.8 Å². The normalized spacial score (nSPS) is 10.7. The van der Waals surface area contributed by atoms with Crippen LogP contribution in [0.25, 0.3) is 0 Å². The van der Waals surface area contributed by atoms with Gasteiger partial charge in [0.05, 0.1) is 18.4 Å². The lowest BCUT2D eigenvalue weighted by atomic mass is 10.2. The van der Waals surface area contributed by atoms with Crippen LogP contribution in [-0.4, -0.2) is 56.2 Å².